The van der Waals surface area contributed by atoms with Crippen LogP contribution >= 0.6 is 0 Å². The van der Waals surface area contributed by atoms with E-state index < -0.39 is 63.7 Å². The Balaban J connectivity index is 1.56. The summed E-state index contributed by atoms with van der Waals surface area (Å²) in [6.45, 7) is 6.01. The number of carbonyl (C=O) groups excluding carboxylic acids is 4. The van der Waals surface area contributed by atoms with Crippen LogP contribution in [-0.2, 0) is 31.7 Å². The zero-order valence-electron chi connectivity index (χ0n) is 26.0. The van der Waals surface area contributed by atoms with E-state index in [2.05, 4.69) is 15.6 Å². The molecule has 1 fully saturated rings. The van der Waals surface area contributed by atoms with Gasteiger partial charge in [0.15, 0.2) is 5.78 Å². The Morgan fingerprint density at radius 3 is 2.39 bits per heavy atom. The van der Waals surface area contributed by atoms with E-state index >= 15 is 0 Å². The van der Waals surface area contributed by atoms with E-state index in [0.717, 1.165) is 12.1 Å². The lowest BCUT2D eigenvalue weighted by molar-refractivity contribution is -0.138. The monoisotopic (exact) mass is 652 g/mol. The van der Waals surface area contributed by atoms with Gasteiger partial charge < -0.3 is 35.1 Å². The molecule has 0 bridgehead atoms. The standard InChI is InChI=1S/C31H36F4N4O7/c1-16-24(27(42)36-15-30(44)6-8-39(9-7-30)28(43)46-29(2,3)4)25(31(33,34)35)23(37-16)13-20-19-12-21(32)17(10-18(40)14-45-5)11-22(19)38-26(20)41/h11-13,37,44H,6-10,14-15H2,1-5H3,(H,36,42)(H,38,41)/b20-13-. The Morgan fingerprint density at radius 1 is 1.15 bits per heavy atom. The van der Waals surface area contributed by atoms with Crippen LogP contribution in [0.1, 0.15) is 72.0 Å². The number of aliphatic hydroxyl groups is 1. The molecule has 2 aliphatic heterocycles. The van der Waals surface area contributed by atoms with Crippen molar-refractivity contribution in [3.05, 3.63) is 51.6 Å². The van der Waals surface area contributed by atoms with E-state index in [-0.39, 0.29) is 73.6 Å². The Labute approximate surface area is 262 Å². The van der Waals surface area contributed by atoms with E-state index in [1.807, 2.05) is 0 Å². The van der Waals surface area contributed by atoms with Gasteiger partial charge in [0.1, 0.15) is 18.0 Å². The Morgan fingerprint density at radius 2 is 1.80 bits per heavy atom. The van der Waals surface area contributed by atoms with E-state index in [4.69, 9.17) is 9.47 Å². The van der Waals surface area contributed by atoms with Crippen molar-refractivity contribution in [2.75, 3.05) is 38.7 Å². The number of hydrogen-bond acceptors (Lipinski definition) is 7. The van der Waals surface area contributed by atoms with Gasteiger partial charge in [0.05, 0.1) is 28.0 Å². The normalized spacial score (nSPS) is 17.1. The third kappa shape index (κ3) is 7.76. The third-order valence-corrected chi connectivity index (χ3v) is 7.60. The summed E-state index contributed by atoms with van der Waals surface area (Å²) in [5, 5.41) is 15.9. The minimum absolute atomic E-state index is 0.0169. The van der Waals surface area contributed by atoms with Gasteiger partial charge in [-0.25, -0.2) is 9.18 Å². The average Bonchev–Trinajstić information content (AvgIpc) is 3.42. The molecule has 4 rings (SSSR count). The Bertz CT molecular complexity index is 1580. The first-order valence-electron chi connectivity index (χ1n) is 14.5. The summed E-state index contributed by atoms with van der Waals surface area (Å²) in [7, 11) is 1.31. The minimum Gasteiger partial charge on any atom is -0.444 e. The van der Waals surface area contributed by atoms with E-state index in [9.17, 15) is 41.8 Å². The Hall–Kier alpha value is -4.24. The fraction of sp³-hybridized carbons (Fsp3) is 0.484. The highest BCUT2D eigenvalue weighted by molar-refractivity contribution is 6.35. The zero-order valence-corrected chi connectivity index (χ0v) is 26.0. The lowest BCUT2D eigenvalue weighted by Gasteiger charge is -2.38. The molecule has 3 amide bonds. The number of ketones is 1. The number of hydrogen-bond donors (Lipinski definition) is 4. The van der Waals surface area contributed by atoms with Gasteiger partial charge >= 0.3 is 12.3 Å². The van der Waals surface area contributed by atoms with Crippen LogP contribution in [0.5, 0.6) is 0 Å². The van der Waals surface area contributed by atoms with Crippen LogP contribution in [0.15, 0.2) is 12.1 Å². The molecule has 0 aliphatic carbocycles. The highest BCUT2D eigenvalue weighted by atomic mass is 19.4. The molecular formula is C31H36F4N4O7. The average molecular weight is 653 g/mol. The summed E-state index contributed by atoms with van der Waals surface area (Å²) >= 11 is 0. The first-order chi connectivity index (χ1) is 21.3. The summed E-state index contributed by atoms with van der Waals surface area (Å²) in [5.41, 5.74) is -5.23. The van der Waals surface area contributed by atoms with Crippen LogP contribution < -0.4 is 10.6 Å². The molecule has 0 spiro atoms. The van der Waals surface area contributed by atoms with Crippen molar-refractivity contribution in [1.29, 1.82) is 0 Å². The molecule has 0 unspecified atom stereocenters. The van der Waals surface area contributed by atoms with Gasteiger partial charge in [-0.3, -0.25) is 14.4 Å². The molecule has 1 aromatic heterocycles. The molecule has 250 valence electrons. The number of aromatic nitrogens is 1. The molecule has 15 heteroatoms. The van der Waals surface area contributed by atoms with E-state index in [1.165, 1.54) is 25.0 Å². The number of nitrogens with zero attached hydrogens (tertiary/aromatic N) is 1. The van der Waals surface area contributed by atoms with Gasteiger partial charge in [0.2, 0.25) is 0 Å². The number of carbonyl (C=O) groups is 4. The van der Waals surface area contributed by atoms with Crippen LogP contribution in [-0.4, -0.2) is 83.2 Å². The first kappa shape index (κ1) is 34.6. The lowest BCUT2D eigenvalue weighted by atomic mass is 9.91. The number of alkyl halides is 3. The highest BCUT2D eigenvalue weighted by Gasteiger charge is 2.42. The largest absolute Gasteiger partial charge is 0.444 e. The predicted octanol–water partition coefficient (Wildman–Crippen LogP) is 4.22. The zero-order chi connectivity index (χ0) is 34.2. The maximum Gasteiger partial charge on any atom is 0.419 e. The molecule has 46 heavy (non-hydrogen) atoms. The van der Waals surface area contributed by atoms with Gasteiger partial charge in [-0.15, -0.1) is 0 Å². The number of likely N-dealkylation sites (tertiary alicyclic amines) is 1. The number of aryl methyl sites for hydroxylation is 1. The van der Waals surface area contributed by atoms with Crippen molar-refractivity contribution >= 4 is 41.0 Å². The van der Waals surface area contributed by atoms with E-state index in [1.54, 1.807) is 20.8 Å². The van der Waals surface area contributed by atoms with Gasteiger partial charge in [-0.05, 0) is 64.3 Å². The van der Waals surface area contributed by atoms with Crippen LogP contribution in [0.2, 0.25) is 0 Å². The van der Waals surface area contributed by atoms with E-state index in [0.29, 0.717) is 0 Å². The molecule has 1 aromatic carbocycles. The fourth-order valence-corrected chi connectivity index (χ4v) is 5.38. The fourth-order valence-electron chi connectivity index (χ4n) is 5.38. The van der Waals surface area contributed by atoms with Gasteiger partial charge in [0.25, 0.3) is 11.8 Å². The Kier molecular flexibility index (Phi) is 9.69. The van der Waals surface area contributed by atoms with Crippen molar-refractivity contribution in [3.8, 4) is 0 Å². The molecule has 11 nitrogen and oxygen atoms in total. The molecule has 3 heterocycles. The molecule has 2 aromatic rings. The molecule has 1 saturated heterocycles. The minimum atomic E-state index is -5.05. The second-order valence-electron chi connectivity index (χ2n) is 12.4. The number of fused-ring (bicyclic) bond motifs is 1. The summed E-state index contributed by atoms with van der Waals surface area (Å²) < 4.78 is 68.2. The number of piperidine rings is 1. The third-order valence-electron chi connectivity index (χ3n) is 7.60. The molecule has 2 aliphatic rings. The predicted molar refractivity (Wildman–Crippen MR) is 158 cm³/mol. The van der Waals surface area contributed by atoms with Gasteiger partial charge in [-0.1, -0.05) is 0 Å². The molecular weight excluding hydrogens is 616 g/mol. The SMILES string of the molecule is COCC(=O)Cc1cc2c(cc1F)/C(=C/c1[nH]c(C)c(C(=O)NCC3(O)CCN(C(=O)OC(C)(C)C)CC3)c1C(F)(F)F)C(=O)N2. The number of nitrogens with one attached hydrogen (secondary N) is 3. The van der Waals surface area contributed by atoms with Crippen molar-refractivity contribution < 1.29 is 51.3 Å². The number of H-pyrrole nitrogens is 1. The number of anilines is 1. The summed E-state index contributed by atoms with van der Waals surface area (Å²) in [4.78, 5) is 54.1. The number of Topliss-reactive ketones (excluding diaryl/α,β-unsaturated/α-hetero) is 1. The molecule has 0 radical (unpaired) electrons. The lowest BCUT2D eigenvalue weighted by Crippen LogP contribution is -2.52. The first-order valence-corrected chi connectivity index (χ1v) is 14.5. The second kappa shape index (κ2) is 12.9. The van der Waals surface area contributed by atoms with Gasteiger partial charge in [-0.2, -0.15) is 13.2 Å². The van der Waals surface area contributed by atoms with Crippen LogP contribution in [0.25, 0.3) is 11.6 Å². The van der Waals surface area contributed by atoms with Crippen molar-refractivity contribution in [2.24, 2.45) is 0 Å². The number of halogens is 4. The van der Waals surface area contributed by atoms with Gasteiger partial charge in [0, 0.05) is 50.1 Å². The molecule has 0 atom stereocenters. The maximum absolute atomic E-state index is 14.9. The summed E-state index contributed by atoms with van der Waals surface area (Å²) in [5.74, 6) is -3.16. The number of benzene rings is 1. The number of aromatic amines is 1. The van der Waals surface area contributed by atoms with Crippen LogP contribution in [0.3, 0.4) is 0 Å². The van der Waals surface area contributed by atoms with Crippen molar-refractivity contribution in [3.63, 3.8) is 0 Å². The van der Waals surface area contributed by atoms with Crippen LogP contribution in [0.4, 0.5) is 28.0 Å². The maximum atomic E-state index is 14.9. The number of methoxy groups -OCH3 is 1. The number of rotatable bonds is 8. The molecule has 4 N–H and O–H groups in total. The quantitative estimate of drug-likeness (QED) is 0.246. The number of ether oxygens (including phenoxy) is 2. The van der Waals surface area contributed by atoms with Crippen molar-refractivity contribution in [2.45, 2.75) is 64.3 Å². The van der Waals surface area contributed by atoms with Crippen LogP contribution in [0, 0.1) is 12.7 Å². The van der Waals surface area contributed by atoms with Crippen molar-refractivity contribution in [1.82, 2.24) is 15.2 Å². The summed E-state index contributed by atoms with van der Waals surface area (Å²) in [6.07, 6.45) is -4.93. The number of amides is 3. The topological polar surface area (TPSA) is 150 Å². The second-order valence-corrected chi connectivity index (χ2v) is 12.4. The highest BCUT2D eigenvalue weighted by Crippen LogP contribution is 2.40. The summed E-state index contributed by atoms with van der Waals surface area (Å²) in [6, 6.07) is 2.20. The smallest absolute Gasteiger partial charge is 0.419 e. The molecule has 0 saturated carbocycles.